The van der Waals surface area contributed by atoms with Crippen LogP contribution in [-0.4, -0.2) is 33.5 Å². The molecule has 1 saturated heterocycles. The van der Waals surface area contributed by atoms with E-state index in [1.54, 1.807) is 17.2 Å². The van der Waals surface area contributed by atoms with Crippen molar-refractivity contribution in [2.45, 2.75) is 19.4 Å². The van der Waals surface area contributed by atoms with E-state index in [-0.39, 0.29) is 24.8 Å². The van der Waals surface area contributed by atoms with Gasteiger partial charge in [-0.25, -0.2) is 4.98 Å². The van der Waals surface area contributed by atoms with Gasteiger partial charge in [0.15, 0.2) is 0 Å². The van der Waals surface area contributed by atoms with Crippen LogP contribution in [0.25, 0.3) is 0 Å². The third-order valence-electron chi connectivity index (χ3n) is 4.76. The third-order valence-corrected chi connectivity index (χ3v) is 5.71. The molecular weight excluding hydrogens is 388 g/mol. The number of amides is 2. The van der Waals surface area contributed by atoms with E-state index in [0.717, 1.165) is 16.1 Å². The van der Waals surface area contributed by atoms with Crippen molar-refractivity contribution in [3.63, 3.8) is 0 Å². The van der Waals surface area contributed by atoms with Gasteiger partial charge in [-0.1, -0.05) is 47.7 Å². The molecule has 148 valence electrons. The second-order valence-corrected chi connectivity index (χ2v) is 7.85. The molecular formula is C20H20N6O2S. The van der Waals surface area contributed by atoms with Crippen LogP contribution >= 0.6 is 11.3 Å². The molecule has 1 fully saturated rings. The zero-order valence-electron chi connectivity index (χ0n) is 15.6. The Balaban J connectivity index is 1.36. The number of nitrogens with zero attached hydrogens (tertiary/aromatic N) is 4. The van der Waals surface area contributed by atoms with Crippen LogP contribution in [0, 0.1) is 5.92 Å². The first-order valence-corrected chi connectivity index (χ1v) is 10.1. The molecule has 0 aliphatic carbocycles. The number of pyridine rings is 1. The number of carbonyl (C=O) groups excluding carboxylic acids is 2. The average Bonchev–Trinajstić information content (AvgIpc) is 3.34. The van der Waals surface area contributed by atoms with Crippen molar-refractivity contribution in [3.05, 3.63) is 64.8 Å². The zero-order valence-corrected chi connectivity index (χ0v) is 16.4. The standard InChI is InChI=1S/C20H20N6O2S/c21-18-14(7-4-8-22-18)11-23-19(28)15-10-17(27)26(12-15)20-25-24-16(29-20)9-13-5-2-1-3-6-13/h1-8,15H,9-12H2,(H2,21,22)(H,23,28). The summed E-state index contributed by atoms with van der Waals surface area (Å²) in [6, 6.07) is 13.5. The molecule has 2 aromatic heterocycles. The highest BCUT2D eigenvalue weighted by Crippen LogP contribution is 2.29. The van der Waals surface area contributed by atoms with Gasteiger partial charge < -0.3 is 11.1 Å². The Morgan fingerprint density at radius 2 is 2.03 bits per heavy atom. The molecule has 3 heterocycles. The van der Waals surface area contributed by atoms with Gasteiger partial charge in [0.1, 0.15) is 10.8 Å². The van der Waals surface area contributed by atoms with E-state index in [0.29, 0.717) is 23.9 Å². The van der Waals surface area contributed by atoms with Gasteiger partial charge in [0.2, 0.25) is 16.9 Å². The number of nitrogen functional groups attached to an aromatic ring is 1. The molecule has 0 spiro atoms. The minimum absolute atomic E-state index is 0.117. The van der Waals surface area contributed by atoms with E-state index in [9.17, 15) is 9.59 Å². The van der Waals surface area contributed by atoms with Crippen molar-refractivity contribution in [3.8, 4) is 0 Å². The Kier molecular flexibility index (Phi) is 5.48. The van der Waals surface area contributed by atoms with E-state index in [2.05, 4.69) is 20.5 Å². The molecule has 0 radical (unpaired) electrons. The van der Waals surface area contributed by atoms with Crippen molar-refractivity contribution < 1.29 is 9.59 Å². The first-order chi connectivity index (χ1) is 14.1. The van der Waals surface area contributed by atoms with Crippen molar-refractivity contribution in [1.29, 1.82) is 0 Å². The van der Waals surface area contributed by atoms with Crippen LogP contribution in [0.5, 0.6) is 0 Å². The van der Waals surface area contributed by atoms with Gasteiger partial charge in [-0.15, -0.1) is 10.2 Å². The fourth-order valence-electron chi connectivity index (χ4n) is 3.19. The molecule has 1 aliphatic heterocycles. The highest BCUT2D eigenvalue weighted by Gasteiger charge is 2.36. The van der Waals surface area contributed by atoms with E-state index < -0.39 is 5.92 Å². The molecule has 0 saturated carbocycles. The van der Waals surface area contributed by atoms with Gasteiger partial charge in [-0.3, -0.25) is 14.5 Å². The van der Waals surface area contributed by atoms with Crippen LogP contribution in [0.4, 0.5) is 10.9 Å². The maximum atomic E-state index is 12.5. The molecule has 9 heteroatoms. The maximum Gasteiger partial charge on any atom is 0.229 e. The first kappa shape index (κ1) is 19.0. The number of rotatable bonds is 6. The molecule has 1 aliphatic rings. The summed E-state index contributed by atoms with van der Waals surface area (Å²) in [5, 5.41) is 12.6. The number of hydrogen-bond donors (Lipinski definition) is 2. The maximum absolute atomic E-state index is 12.5. The van der Waals surface area contributed by atoms with Gasteiger partial charge in [0, 0.05) is 37.7 Å². The summed E-state index contributed by atoms with van der Waals surface area (Å²) in [5.41, 5.74) is 7.68. The average molecular weight is 408 g/mol. The van der Waals surface area contributed by atoms with Crippen molar-refractivity contribution in [2.24, 2.45) is 5.92 Å². The Bertz CT molecular complexity index is 1020. The number of hydrogen-bond acceptors (Lipinski definition) is 7. The number of nitrogens with one attached hydrogen (secondary N) is 1. The molecule has 8 nitrogen and oxygen atoms in total. The molecule has 0 bridgehead atoms. The first-order valence-electron chi connectivity index (χ1n) is 9.24. The van der Waals surface area contributed by atoms with Crippen molar-refractivity contribution >= 4 is 34.1 Å². The largest absolute Gasteiger partial charge is 0.383 e. The van der Waals surface area contributed by atoms with Crippen LogP contribution in [0.2, 0.25) is 0 Å². The van der Waals surface area contributed by atoms with E-state index in [1.165, 1.54) is 11.3 Å². The van der Waals surface area contributed by atoms with Gasteiger partial charge in [-0.05, 0) is 11.6 Å². The second-order valence-electron chi connectivity index (χ2n) is 6.81. The summed E-state index contributed by atoms with van der Waals surface area (Å²) in [4.78, 5) is 30.5. The number of nitrogens with two attached hydrogens (primary N) is 1. The molecule has 1 unspecified atom stereocenters. The number of aromatic nitrogens is 3. The van der Waals surface area contributed by atoms with Gasteiger partial charge >= 0.3 is 0 Å². The van der Waals surface area contributed by atoms with Crippen molar-refractivity contribution in [1.82, 2.24) is 20.5 Å². The lowest BCUT2D eigenvalue weighted by atomic mass is 10.1. The molecule has 2 amide bonds. The van der Waals surface area contributed by atoms with Gasteiger partial charge in [-0.2, -0.15) is 0 Å². The molecule has 3 aromatic rings. The number of anilines is 2. The Morgan fingerprint density at radius 1 is 1.21 bits per heavy atom. The minimum atomic E-state index is -0.429. The fraction of sp³-hybridized carbons (Fsp3) is 0.250. The molecule has 4 rings (SSSR count). The molecule has 3 N–H and O–H groups in total. The lowest BCUT2D eigenvalue weighted by Crippen LogP contribution is -2.32. The SMILES string of the molecule is Nc1ncccc1CNC(=O)C1CC(=O)N(c2nnc(Cc3ccccc3)s2)C1. The Hall–Kier alpha value is -3.33. The molecule has 1 atom stereocenters. The van der Waals surface area contributed by atoms with Crippen LogP contribution in [-0.2, 0) is 22.6 Å². The highest BCUT2D eigenvalue weighted by molar-refractivity contribution is 7.15. The lowest BCUT2D eigenvalue weighted by molar-refractivity contribution is -0.126. The van der Waals surface area contributed by atoms with E-state index in [4.69, 9.17) is 5.73 Å². The predicted octanol–water partition coefficient (Wildman–Crippen LogP) is 1.78. The second kappa shape index (κ2) is 8.36. The van der Waals surface area contributed by atoms with Crippen molar-refractivity contribution in [2.75, 3.05) is 17.2 Å². The normalized spacial score (nSPS) is 16.2. The number of benzene rings is 1. The fourth-order valence-corrected chi connectivity index (χ4v) is 4.09. The summed E-state index contributed by atoms with van der Waals surface area (Å²) in [6.07, 6.45) is 2.42. The predicted molar refractivity (Wildman–Crippen MR) is 110 cm³/mol. The smallest absolute Gasteiger partial charge is 0.229 e. The van der Waals surface area contributed by atoms with Gasteiger partial charge in [0.25, 0.3) is 0 Å². The summed E-state index contributed by atoms with van der Waals surface area (Å²) < 4.78 is 0. The Morgan fingerprint density at radius 3 is 2.83 bits per heavy atom. The molecule has 29 heavy (non-hydrogen) atoms. The number of carbonyl (C=O) groups is 2. The quantitative estimate of drug-likeness (QED) is 0.643. The summed E-state index contributed by atoms with van der Waals surface area (Å²) >= 11 is 1.38. The Labute approximate surface area is 171 Å². The lowest BCUT2D eigenvalue weighted by Gasteiger charge is -2.13. The third kappa shape index (κ3) is 4.40. The highest BCUT2D eigenvalue weighted by atomic mass is 32.1. The van der Waals surface area contributed by atoms with Gasteiger partial charge in [0.05, 0.1) is 5.92 Å². The topological polar surface area (TPSA) is 114 Å². The molecule has 1 aromatic carbocycles. The van der Waals surface area contributed by atoms with Crippen LogP contribution in [0.15, 0.2) is 48.7 Å². The minimum Gasteiger partial charge on any atom is -0.383 e. The van der Waals surface area contributed by atoms with Crippen LogP contribution < -0.4 is 16.0 Å². The monoisotopic (exact) mass is 408 g/mol. The summed E-state index contributed by atoms with van der Waals surface area (Å²) in [6.45, 7) is 0.580. The van der Waals surface area contributed by atoms with E-state index in [1.807, 2.05) is 36.4 Å². The van der Waals surface area contributed by atoms with E-state index >= 15 is 0 Å². The summed E-state index contributed by atoms with van der Waals surface area (Å²) in [7, 11) is 0. The summed E-state index contributed by atoms with van der Waals surface area (Å²) in [5.74, 6) is -0.342. The zero-order chi connectivity index (χ0) is 20.2. The van der Waals surface area contributed by atoms with Crippen LogP contribution in [0.3, 0.4) is 0 Å². The van der Waals surface area contributed by atoms with Crippen LogP contribution in [0.1, 0.15) is 22.6 Å².